The molecule has 0 saturated carbocycles. The van der Waals surface area contributed by atoms with Gasteiger partial charge in [0, 0.05) is 13.1 Å². The fourth-order valence-corrected chi connectivity index (χ4v) is 3.17. The van der Waals surface area contributed by atoms with Crippen LogP contribution in [-0.4, -0.2) is 76.5 Å². The Kier molecular flexibility index (Phi) is 17.9. The van der Waals surface area contributed by atoms with E-state index in [1.165, 1.54) is 14.2 Å². The van der Waals surface area contributed by atoms with Gasteiger partial charge in [0.25, 0.3) is 0 Å². The zero-order valence-corrected chi connectivity index (χ0v) is 21.6. The van der Waals surface area contributed by atoms with Gasteiger partial charge in [-0.15, -0.1) is 0 Å². The van der Waals surface area contributed by atoms with Gasteiger partial charge >= 0.3 is 23.9 Å². The number of ether oxygens (including phenoxy) is 4. The molecule has 0 heterocycles. The van der Waals surface area contributed by atoms with Crippen LogP contribution in [0.15, 0.2) is 0 Å². The minimum atomic E-state index is -0.444. The number of hydrogen-bond acceptors (Lipinski definition) is 10. The van der Waals surface area contributed by atoms with Gasteiger partial charge in [-0.1, -0.05) is 27.7 Å². The van der Waals surface area contributed by atoms with Gasteiger partial charge in [-0.05, 0) is 37.5 Å². The fraction of sp³-hybridized carbons (Fsp3) is 0.833. The van der Waals surface area contributed by atoms with E-state index < -0.39 is 12.1 Å². The Labute approximate surface area is 203 Å². The van der Waals surface area contributed by atoms with Crippen LogP contribution in [0, 0.1) is 11.8 Å². The summed E-state index contributed by atoms with van der Waals surface area (Å²) >= 11 is 0. The van der Waals surface area contributed by atoms with Crippen molar-refractivity contribution in [2.24, 2.45) is 11.8 Å². The molecule has 2 N–H and O–H groups in total. The maximum atomic E-state index is 11.8. The van der Waals surface area contributed by atoms with Crippen LogP contribution in [0.1, 0.15) is 66.2 Å². The topological polar surface area (TPSA) is 129 Å². The van der Waals surface area contributed by atoms with E-state index in [4.69, 9.17) is 18.9 Å². The number of methoxy groups -OCH3 is 2. The summed E-state index contributed by atoms with van der Waals surface area (Å²) in [4.78, 5) is 46.9. The molecule has 2 atom stereocenters. The van der Waals surface area contributed by atoms with Crippen LogP contribution in [0.5, 0.6) is 0 Å². The molecule has 0 aromatic carbocycles. The summed E-state index contributed by atoms with van der Waals surface area (Å²) < 4.78 is 19.9. The first-order chi connectivity index (χ1) is 16.1. The van der Waals surface area contributed by atoms with Crippen molar-refractivity contribution in [3.8, 4) is 0 Å². The number of carbonyl (C=O) groups excluding carboxylic acids is 4. The van der Waals surface area contributed by atoms with Crippen molar-refractivity contribution < 1.29 is 38.1 Å². The Morgan fingerprint density at radius 3 is 1.26 bits per heavy atom. The smallest absolute Gasteiger partial charge is 0.323 e. The molecular weight excluding hydrogens is 444 g/mol. The number of nitrogens with one attached hydrogen (secondary N) is 2. The lowest BCUT2D eigenvalue weighted by molar-refractivity contribution is -0.146. The minimum Gasteiger partial charge on any atom is -0.468 e. The molecule has 0 aromatic heterocycles. The largest absolute Gasteiger partial charge is 0.468 e. The summed E-state index contributed by atoms with van der Waals surface area (Å²) in [6.45, 7) is 8.98. The third kappa shape index (κ3) is 14.8. The van der Waals surface area contributed by atoms with Gasteiger partial charge < -0.3 is 29.6 Å². The molecule has 0 aliphatic heterocycles. The maximum Gasteiger partial charge on any atom is 0.323 e. The Morgan fingerprint density at radius 2 is 0.971 bits per heavy atom. The van der Waals surface area contributed by atoms with Crippen molar-refractivity contribution in [2.75, 3.05) is 40.5 Å². The Morgan fingerprint density at radius 1 is 0.618 bits per heavy atom. The van der Waals surface area contributed by atoms with Crippen molar-refractivity contribution in [3.63, 3.8) is 0 Å². The molecule has 0 spiro atoms. The average Bonchev–Trinajstić information content (AvgIpc) is 2.79. The second-order valence-corrected chi connectivity index (χ2v) is 8.75. The number of carbonyl (C=O) groups is 4. The average molecular weight is 489 g/mol. The van der Waals surface area contributed by atoms with Crippen molar-refractivity contribution >= 4 is 23.9 Å². The van der Waals surface area contributed by atoms with Crippen LogP contribution in [0.4, 0.5) is 0 Å². The van der Waals surface area contributed by atoms with E-state index in [9.17, 15) is 19.2 Å². The third-order valence-corrected chi connectivity index (χ3v) is 5.20. The second-order valence-electron chi connectivity index (χ2n) is 8.75. The molecular formula is C24H44N2O8. The van der Waals surface area contributed by atoms with Gasteiger partial charge in [0.1, 0.15) is 12.1 Å². The molecule has 0 aliphatic rings. The van der Waals surface area contributed by atoms with Crippen molar-refractivity contribution in [2.45, 2.75) is 78.3 Å². The van der Waals surface area contributed by atoms with Gasteiger partial charge in [0.05, 0.1) is 40.3 Å². The maximum absolute atomic E-state index is 11.8. The first-order valence-electron chi connectivity index (χ1n) is 12.1. The normalized spacial score (nSPS) is 12.8. The summed E-state index contributed by atoms with van der Waals surface area (Å²) in [5, 5.41) is 6.05. The van der Waals surface area contributed by atoms with E-state index in [1.54, 1.807) is 0 Å². The van der Waals surface area contributed by atoms with Gasteiger partial charge in [0.15, 0.2) is 0 Å². The van der Waals surface area contributed by atoms with Gasteiger partial charge in [0.2, 0.25) is 0 Å². The molecule has 10 heteroatoms. The second kappa shape index (κ2) is 19.1. The molecule has 0 aromatic rings. The highest BCUT2D eigenvalue weighted by molar-refractivity contribution is 5.76. The van der Waals surface area contributed by atoms with E-state index >= 15 is 0 Å². The highest BCUT2D eigenvalue weighted by Crippen LogP contribution is 2.06. The lowest BCUT2D eigenvalue weighted by atomic mass is 10.0. The monoisotopic (exact) mass is 488 g/mol. The molecule has 34 heavy (non-hydrogen) atoms. The number of unbranched alkanes of at least 4 members (excludes halogenated alkanes) is 3. The van der Waals surface area contributed by atoms with Crippen LogP contribution in [-0.2, 0) is 38.1 Å². The van der Waals surface area contributed by atoms with Gasteiger partial charge in [-0.25, -0.2) is 0 Å². The molecule has 198 valence electrons. The molecule has 0 radical (unpaired) electrons. The summed E-state index contributed by atoms with van der Waals surface area (Å²) in [5.74, 6) is -1.19. The lowest BCUT2D eigenvalue weighted by Gasteiger charge is -2.19. The van der Waals surface area contributed by atoms with Gasteiger partial charge in [-0.3, -0.25) is 19.2 Å². The Bertz CT molecular complexity index is 558. The van der Waals surface area contributed by atoms with E-state index in [0.717, 1.165) is 25.7 Å². The predicted octanol–water partition coefficient (Wildman–Crippen LogP) is 1.99. The lowest BCUT2D eigenvalue weighted by Crippen LogP contribution is -2.42. The fourth-order valence-electron chi connectivity index (χ4n) is 3.17. The summed E-state index contributed by atoms with van der Waals surface area (Å²) in [6, 6.07) is -0.889. The van der Waals surface area contributed by atoms with E-state index in [2.05, 4.69) is 10.6 Å². The summed E-state index contributed by atoms with van der Waals surface area (Å²) in [7, 11) is 2.68. The van der Waals surface area contributed by atoms with E-state index in [0.29, 0.717) is 26.3 Å². The van der Waals surface area contributed by atoms with Crippen LogP contribution >= 0.6 is 0 Å². The predicted molar refractivity (Wildman–Crippen MR) is 127 cm³/mol. The first-order valence-corrected chi connectivity index (χ1v) is 12.1. The molecule has 10 nitrogen and oxygen atoms in total. The van der Waals surface area contributed by atoms with Crippen LogP contribution in [0.2, 0.25) is 0 Å². The SMILES string of the molecule is COC(=O)C(NCCC(=O)OCCCCCCOC(=O)CCNC(C(=O)OC)C(C)C)C(C)C. The molecule has 0 fully saturated rings. The number of hydrogen-bond donors (Lipinski definition) is 2. The molecule has 0 amide bonds. The first kappa shape index (κ1) is 31.8. The molecule has 2 unspecified atom stereocenters. The van der Waals surface area contributed by atoms with Gasteiger partial charge in [-0.2, -0.15) is 0 Å². The molecule has 0 rings (SSSR count). The number of esters is 4. The third-order valence-electron chi connectivity index (χ3n) is 5.20. The van der Waals surface area contributed by atoms with Crippen LogP contribution in [0.3, 0.4) is 0 Å². The zero-order chi connectivity index (χ0) is 25.9. The molecule has 0 bridgehead atoms. The minimum absolute atomic E-state index is 0.0585. The zero-order valence-electron chi connectivity index (χ0n) is 21.6. The van der Waals surface area contributed by atoms with Crippen molar-refractivity contribution in [3.05, 3.63) is 0 Å². The molecule has 0 saturated heterocycles. The highest BCUT2D eigenvalue weighted by Gasteiger charge is 2.23. The highest BCUT2D eigenvalue weighted by atomic mass is 16.5. The Hall–Kier alpha value is -2.20. The van der Waals surface area contributed by atoms with E-state index in [-0.39, 0.29) is 48.6 Å². The van der Waals surface area contributed by atoms with Crippen LogP contribution < -0.4 is 10.6 Å². The van der Waals surface area contributed by atoms with E-state index in [1.807, 2.05) is 27.7 Å². The molecule has 0 aliphatic carbocycles. The summed E-state index contributed by atoms with van der Waals surface area (Å²) in [5.41, 5.74) is 0. The van der Waals surface area contributed by atoms with Crippen LogP contribution in [0.25, 0.3) is 0 Å². The van der Waals surface area contributed by atoms with Crippen molar-refractivity contribution in [1.82, 2.24) is 10.6 Å². The van der Waals surface area contributed by atoms with Crippen molar-refractivity contribution in [1.29, 1.82) is 0 Å². The summed E-state index contributed by atoms with van der Waals surface area (Å²) in [6.07, 6.45) is 3.55. The Balaban J connectivity index is 3.73. The standard InChI is InChI=1S/C24H44N2O8/c1-17(2)21(23(29)31-5)25-13-11-19(27)33-15-9-7-8-10-16-34-20(28)12-14-26-22(18(3)4)24(30)32-6/h17-18,21-22,25-26H,7-16H2,1-6H3. The number of rotatable bonds is 19. The quantitative estimate of drug-likeness (QED) is 0.158.